The first-order valence-corrected chi connectivity index (χ1v) is 8.63. The highest BCUT2D eigenvalue weighted by Crippen LogP contribution is 2.18. The van der Waals surface area contributed by atoms with Crippen LogP contribution in [0.25, 0.3) is 5.69 Å². The van der Waals surface area contributed by atoms with Crippen molar-refractivity contribution in [3.63, 3.8) is 0 Å². The number of amides is 1. The molecule has 0 aliphatic heterocycles. The van der Waals surface area contributed by atoms with E-state index in [1.165, 1.54) is 6.20 Å². The number of halogens is 1. The van der Waals surface area contributed by atoms with Crippen LogP contribution in [-0.2, 0) is 11.2 Å². The molecule has 0 radical (unpaired) electrons. The number of nitrogens with zero attached hydrogens (tertiary/aromatic N) is 2. The summed E-state index contributed by atoms with van der Waals surface area (Å²) in [6.45, 7) is 3.81. The SMILES string of the molecule is CCCC(NC(=O)c1cnn(-c2ccc(Br)cc2)c1CC)C(=O)O. The minimum Gasteiger partial charge on any atom is -0.480 e. The van der Waals surface area contributed by atoms with E-state index in [1.807, 2.05) is 38.1 Å². The van der Waals surface area contributed by atoms with Crippen molar-refractivity contribution in [3.05, 3.63) is 46.2 Å². The highest BCUT2D eigenvalue weighted by Gasteiger charge is 2.23. The average molecular weight is 394 g/mol. The van der Waals surface area contributed by atoms with Crippen LogP contribution in [0, 0.1) is 0 Å². The standard InChI is InChI=1S/C17H20BrN3O3/c1-3-5-14(17(23)24)20-16(22)13-10-19-21(15(13)4-2)12-8-6-11(18)7-9-12/h6-10,14H,3-5H2,1-2H3,(H,20,22)(H,23,24). The summed E-state index contributed by atoms with van der Waals surface area (Å²) in [5.41, 5.74) is 2.00. The van der Waals surface area contributed by atoms with E-state index in [-0.39, 0.29) is 0 Å². The van der Waals surface area contributed by atoms with E-state index in [1.54, 1.807) is 4.68 Å². The minimum absolute atomic E-state index is 0.392. The fraction of sp³-hybridized carbons (Fsp3) is 0.353. The molecule has 0 aliphatic rings. The number of aromatic nitrogens is 2. The Morgan fingerprint density at radius 1 is 1.29 bits per heavy atom. The molecule has 1 unspecified atom stereocenters. The molecular weight excluding hydrogens is 374 g/mol. The van der Waals surface area contributed by atoms with Gasteiger partial charge in [-0.1, -0.05) is 36.2 Å². The van der Waals surface area contributed by atoms with Gasteiger partial charge in [-0.2, -0.15) is 5.10 Å². The first-order chi connectivity index (χ1) is 11.5. The zero-order valence-corrected chi connectivity index (χ0v) is 15.2. The van der Waals surface area contributed by atoms with Gasteiger partial charge in [-0.3, -0.25) is 4.79 Å². The Morgan fingerprint density at radius 2 is 1.96 bits per heavy atom. The van der Waals surface area contributed by atoms with E-state index < -0.39 is 17.9 Å². The molecule has 1 heterocycles. The number of carbonyl (C=O) groups is 2. The molecule has 2 rings (SSSR count). The van der Waals surface area contributed by atoms with Crippen molar-refractivity contribution in [1.29, 1.82) is 0 Å². The van der Waals surface area contributed by atoms with Gasteiger partial charge < -0.3 is 10.4 Å². The molecule has 0 bridgehead atoms. The number of aliphatic carboxylic acids is 1. The normalized spacial score (nSPS) is 12.0. The van der Waals surface area contributed by atoms with Gasteiger partial charge in [0.2, 0.25) is 0 Å². The molecule has 0 saturated carbocycles. The maximum atomic E-state index is 12.5. The third-order valence-corrected chi connectivity index (χ3v) is 4.23. The number of nitrogens with one attached hydrogen (secondary N) is 1. The molecule has 1 amide bonds. The topological polar surface area (TPSA) is 84.2 Å². The van der Waals surface area contributed by atoms with Gasteiger partial charge in [0, 0.05) is 4.47 Å². The van der Waals surface area contributed by atoms with E-state index >= 15 is 0 Å². The molecule has 7 heteroatoms. The van der Waals surface area contributed by atoms with Gasteiger partial charge >= 0.3 is 5.97 Å². The molecule has 1 aromatic carbocycles. The average Bonchev–Trinajstić information content (AvgIpc) is 2.99. The van der Waals surface area contributed by atoms with E-state index in [0.717, 1.165) is 15.9 Å². The van der Waals surface area contributed by atoms with Gasteiger partial charge in [0.05, 0.1) is 23.1 Å². The van der Waals surface area contributed by atoms with Gasteiger partial charge in [0.15, 0.2) is 0 Å². The molecule has 0 spiro atoms. The fourth-order valence-corrected chi connectivity index (χ4v) is 2.75. The van der Waals surface area contributed by atoms with E-state index in [4.69, 9.17) is 0 Å². The maximum Gasteiger partial charge on any atom is 0.326 e. The Labute approximate surface area is 149 Å². The molecular formula is C17H20BrN3O3. The number of hydrogen-bond donors (Lipinski definition) is 2. The van der Waals surface area contributed by atoms with Crippen molar-refractivity contribution >= 4 is 27.8 Å². The van der Waals surface area contributed by atoms with E-state index in [2.05, 4.69) is 26.3 Å². The van der Waals surface area contributed by atoms with Crippen molar-refractivity contribution in [3.8, 4) is 5.69 Å². The summed E-state index contributed by atoms with van der Waals surface area (Å²) < 4.78 is 2.66. The third-order valence-electron chi connectivity index (χ3n) is 3.70. The summed E-state index contributed by atoms with van der Waals surface area (Å²) in [6.07, 6.45) is 3.16. The second-order valence-corrected chi connectivity index (χ2v) is 6.32. The van der Waals surface area contributed by atoms with Gasteiger partial charge in [0.25, 0.3) is 5.91 Å². The summed E-state index contributed by atoms with van der Waals surface area (Å²) in [4.78, 5) is 23.7. The first kappa shape index (κ1) is 18.2. The van der Waals surface area contributed by atoms with Gasteiger partial charge in [-0.15, -0.1) is 0 Å². The van der Waals surface area contributed by atoms with Crippen LogP contribution in [-0.4, -0.2) is 32.8 Å². The smallest absolute Gasteiger partial charge is 0.326 e. The lowest BCUT2D eigenvalue weighted by Crippen LogP contribution is -2.40. The molecule has 6 nitrogen and oxygen atoms in total. The zero-order chi connectivity index (χ0) is 17.7. The van der Waals surface area contributed by atoms with Crippen molar-refractivity contribution in [1.82, 2.24) is 15.1 Å². The van der Waals surface area contributed by atoms with Crippen molar-refractivity contribution in [2.24, 2.45) is 0 Å². The van der Waals surface area contributed by atoms with Crippen LogP contribution in [0.1, 0.15) is 42.7 Å². The summed E-state index contributed by atoms with van der Waals surface area (Å²) in [6, 6.07) is 6.71. The Balaban J connectivity index is 2.29. The summed E-state index contributed by atoms with van der Waals surface area (Å²) >= 11 is 3.39. The Kier molecular flexibility index (Phi) is 6.14. The second-order valence-electron chi connectivity index (χ2n) is 5.40. The molecule has 0 aliphatic carbocycles. The van der Waals surface area contributed by atoms with Crippen molar-refractivity contribution in [2.75, 3.05) is 0 Å². The monoisotopic (exact) mass is 393 g/mol. The summed E-state index contributed by atoms with van der Waals surface area (Å²) in [5, 5.41) is 16.1. The van der Waals surface area contributed by atoms with Crippen LogP contribution < -0.4 is 5.32 Å². The van der Waals surface area contributed by atoms with Gasteiger partial charge in [0.1, 0.15) is 6.04 Å². The third kappa shape index (κ3) is 4.03. The molecule has 128 valence electrons. The number of rotatable bonds is 7. The van der Waals surface area contributed by atoms with Crippen molar-refractivity contribution < 1.29 is 14.7 Å². The van der Waals surface area contributed by atoms with Crippen LogP contribution in [0.4, 0.5) is 0 Å². The second kappa shape index (κ2) is 8.10. The zero-order valence-electron chi connectivity index (χ0n) is 13.6. The number of carbonyl (C=O) groups excluding carboxylic acids is 1. The van der Waals surface area contributed by atoms with Gasteiger partial charge in [-0.25, -0.2) is 9.48 Å². The van der Waals surface area contributed by atoms with Crippen LogP contribution in [0.2, 0.25) is 0 Å². The van der Waals surface area contributed by atoms with Crippen LogP contribution >= 0.6 is 15.9 Å². The predicted octanol–water partition coefficient (Wildman–Crippen LogP) is 3.18. The fourth-order valence-electron chi connectivity index (χ4n) is 2.49. The van der Waals surface area contributed by atoms with Gasteiger partial charge in [-0.05, 0) is 37.1 Å². The summed E-state index contributed by atoms with van der Waals surface area (Å²) in [5.74, 6) is -1.43. The molecule has 2 N–H and O–H groups in total. The summed E-state index contributed by atoms with van der Waals surface area (Å²) in [7, 11) is 0. The molecule has 2 aromatic rings. The largest absolute Gasteiger partial charge is 0.480 e. The Morgan fingerprint density at radius 3 is 2.50 bits per heavy atom. The lowest BCUT2D eigenvalue weighted by Gasteiger charge is -2.14. The minimum atomic E-state index is -1.02. The van der Waals surface area contributed by atoms with E-state index in [0.29, 0.717) is 24.8 Å². The van der Waals surface area contributed by atoms with E-state index in [9.17, 15) is 14.7 Å². The lowest BCUT2D eigenvalue weighted by atomic mass is 10.1. The van der Waals surface area contributed by atoms with Crippen LogP contribution in [0.5, 0.6) is 0 Å². The highest BCUT2D eigenvalue weighted by molar-refractivity contribution is 9.10. The quantitative estimate of drug-likeness (QED) is 0.756. The number of benzene rings is 1. The first-order valence-electron chi connectivity index (χ1n) is 7.84. The molecule has 24 heavy (non-hydrogen) atoms. The molecule has 1 atom stereocenters. The number of carboxylic acids is 1. The molecule has 0 fully saturated rings. The highest BCUT2D eigenvalue weighted by atomic mass is 79.9. The maximum absolute atomic E-state index is 12.5. The Bertz CT molecular complexity index is 725. The van der Waals surface area contributed by atoms with Crippen LogP contribution in [0.15, 0.2) is 34.9 Å². The predicted molar refractivity (Wildman–Crippen MR) is 94.4 cm³/mol. The molecule has 1 aromatic heterocycles. The lowest BCUT2D eigenvalue weighted by molar-refractivity contribution is -0.139. The Hall–Kier alpha value is -2.15. The molecule has 0 saturated heterocycles. The van der Waals surface area contributed by atoms with Crippen molar-refractivity contribution in [2.45, 2.75) is 39.2 Å². The van der Waals surface area contributed by atoms with Crippen LogP contribution in [0.3, 0.4) is 0 Å². The number of carboxylic acid groups (broad SMARTS) is 1. The number of hydrogen-bond acceptors (Lipinski definition) is 3.